The molecule has 0 saturated heterocycles. The number of nitrogens with zero attached hydrogens (tertiary/aromatic N) is 2. The molecule has 0 aliphatic carbocycles. The molecule has 0 atom stereocenters. The Kier molecular flexibility index (Phi) is 3.74. The highest BCUT2D eigenvalue weighted by molar-refractivity contribution is 5.79. The van der Waals surface area contributed by atoms with Crippen LogP contribution in [0.15, 0.2) is 42.5 Å². The highest BCUT2D eigenvalue weighted by atomic mass is 16.6. The maximum Gasteiger partial charge on any atom is 0.315 e. The van der Waals surface area contributed by atoms with Crippen LogP contribution in [0.2, 0.25) is 0 Å². The largest absolute Gasteiger partial charge is 0.393 e. The first-order valence-electron chi connectivity index (χ1n) is 6.06. The van der Waals surface area contributed by atoms with E-state index in [4.69, 9.17) is 5.73 Å². The zero-order valence-electron chi connectivity index (χ0n) is 11.3. The zero-order valence-corrected chi connectivity index (χ0v) is 11.3. The lowest BCUT2D eigenvalue weighted by Crippen LogP contribution is -2.08. The van der Waals surface area contributed by atoms with E-state index in [1.807, 2.05) is 43.3 Å². The molecule has 6 nitrogen and oxygen atoms in total. The van der Waals surface area contributed by atoms with E-state index in [1.54, 1.807) is 12.1 Å². The van der Waals surface area contributed by atoms with Gasteiger partial charge in [0.2, 0.25) is 0 Å². The summed E-state index contributed by atoms with van der Waals surface area (Å²) in [5.41, 5.74) is 7.85. The van der Waals surface area contributed by atoms with Crippen LogP contribution in [0.25, 0.3) is 0 Å². The third kappa shape index (κ3) is 2.80. The van der Waals surface area contributed by atoms with Gasteiger partial charge in [0.25, 0.3) is 0 Å². The van der Waals surface area contributed by atoms with Gasteiger partial charge in [-0.1, -0.05) is 12.1 Å². The van der Waals surface area contributed by atoms with Gasteiger partial charge in [-0.25, -0.2) is 0 Å². The lowest BCUT2D eigenvalue weighted by atomic mass is 10.2. The summed E-state index contributed by atoms with van der Waals surface area (Å²) >= 11 is 0. The molecule has 0 aromatic heterocycles. The minimum absolute atomic E-state index is 0.109. The summed E-state index contributed by atoms with van der Waals surface area (Å²) in [5.74, 6) is 0. The van der Waals surface area contributed by atoms with E-state index in [1.165, 1.54) is 6.07 Å². The molecule has 3 N–H and O–H groups in total. The molecule has 0 amide bonds. The first-order chi connectivity index (χ1) is 9.49. The molecule has 0 fully saturated rings. The quantitative estimate of drug-likeness (QED) is 0.508. The topological polar surface area (TPSA) is 84.4 Å². The molecule has 20 heavy (non-hydrogen) atoms. The third-order valence-electron chi connectivity index (χ3n) is 2.89. The average molecular weight is 272 g/mol. The van der Waals surface area contributed by atoms with Crippen LogP contribution in [0, 0.1) is 10.1 Å². The Morgan fingerprint density at radius 1 is 1.20 bits per heavy atom. The number of benzene rings is 2. The van der Waals surface area contributed by atoms with Crippen LogP contribution < -0.4 is 16.0 Å². The predicted molar refractivity (Wildman–Crippen MR) is 81.6 cm³/mol. The number of rotatable bonds is 4. The van der Waals surface area contributed by atoms with Crippen LogP contribution in [0.1, 0.15) is 0 Å². The van der Waals surface area contributed by atoms with Crippen LogP contribution >= 0.6 is 0 Å². The Bertz CT molecular complexity index is 641. The molecule has 0 unspecified atom stereocenters. The Morgan fingerprint density at radius 3 is 2.55 bits per heavy atom. The molecule has 0 bridgehead atoms. The van der Waals surface area contributed by atoms with Crippen LogP contribution in [-0.4, -0.2) is 19.0 Å². The van der Waals surface area contributed by atoms with Crippen molar-refractivity contribution in [3.05, 3.63) is 52.6 Å². The number of hydrogen-bond acceptors (Lipinski definition) is 5. The number of nitro benzene ring substituents is 1. The van der Waals surface area contributed by atoms with Crippen molar-refractivity contribution in [3.8, 4) is 0 Å². The second kappa shape index (κ2) is 5.48. The van der Waals surface area contributed by atoms with Crippen LogP contribution in [-0.2, 0) is 0 Å². The summed E-state index contributed by atoms with van der Waals surface area (Å²) in [7, 11) is 3.87. The summed E-state index contributed by atoms with van der Waals surface area (Å²) < 4.78 is 0. The van der Waals surface area contributed by atoms with Crippen molar-refractivity contribution in [2.45, 2.75) is 0 Å². The fraction of sp³-hybridized carbons (Fsp3) is 0.143. The van der Waals surface area contributed by atoms with Gasteiger partial charge in [0, 0.05) is 25.5 Å². The van der Waals surface area contributed by atoms with E-state index >= 15 is 0 Å². The summed E-state index contributed by atoms with van der Waals surface area (Å²) in [6.45, 7) is 0. The van der Waals surface area contributed by atoms with E-state index in [2.05, 4.69) is 5.32 Å². The summed E-state index contributed by atoms with van der Waals surface area (Å²) in [4.78, 5) is 12.6. The molecule has 6 heteroatoms. The van der Waals surface area contributed by atoms with Crippen LogP contribution in [0.5, 0.6) is 0 Å². The van der Waals surface area contributed by atoms with E-state index in [0.29, 0.717) is 5.69 Å². The van der Waals surface area contributed by atoms with E-state index in [9.17, 15) is 10.1 Å². The molecule has 2 aromatic rings. The monoisotopic (exact) mass is 272 g/mol. The Balaban J connectivity index is 2.38. The smallest absolute Gasteiger partial charge is 0.315 e. The van der Waals surface area contributed by atoms with E-state index in [-0.39, 0.29) is 11.4 Å². The SMILES string of the molecule is CN(C)c1cccc(Nc2cccc(N)c2[N+](=O)[O-])c1. The molecule has 2 rings (SSSR count). The fourth-order valence-corrected chi connectivity index (χ4v) is 1.88. The van der Waals surface area contributed by atoms with Crippen LogP contribution in [0.3, 0.4) is 0 Å². The lowest BCUT2D eigenvalue weighted by molar-refractivity contribution is -0.383. The van der Waals surface area contributed by atoms with Gasteiger partial charge in [-0.05, 0) is 30.3 Å². The number of nitrogens with two attached hydrogens (primary N) is 1. The van der Waals surface area contributed by atoms with Gasteiger partial charge in [-0.15, -0.1) is 0 Å². The number of hydrogen-bond donors (Lipinski definition) is 2. The van der Waals surface area contributed by atoms with Gasteiger partial charge in [0.05, 0.1) is 4.92 Å². The number of nitrogens with one attached hydrogen (secondary N) is 1. The van der Waals surface area contributed by atoms with Crippen molar-refractivity contribution in [3.63, 3.8) is 0 Å². The summed E-state index contributed by atoms with van der Waals surface area (Å²) in [6, 6.07) is 12.4. The van der Waals surface area contributed by atoms with Crippen molar-refractivity contribution >= 4 is 28.4 Å². The maximum absolute atomic E-state index is 11.1. The normalized spacial score (nSPS) is 10.1. The van der Waals surface area contributed by atoms with E-state index in [0.717, 1.165) is 11.4 Å². The average Bonchev–Trinajstić information content (AvgIpc) is 2.38. The standard InChI is InChI=1S/C14H16N4O2/c1-17(2)11-6-3-5-10(9-11)16-13-8-4-7-12(15)14(13)18(19)20/h3-9,16H,15H2,1-2H3. The van der Waals surface area contributed by atoms with Crippen molar-refractivity contribution in [2.24, 2.45) is 0 Å². The Hall–Kier alpha value is -2.76. The highest BCUT2D eigenvalue weighted by Crippen LogP contribution is 2.33. The van der Waals surface area contributed by atoms with E-state index < -0.39 is 4.92 Å². The minimum Gasteiger partial charge on any atom is -0.393 e. The van der Waals surface area contributed by atoms with Crippen molar-refractivity contribution in [1.82, 2.24) is 0 Å². The first kappa shape index (κ1) is 13.7. The molecular weight excluding hydrogens is 256 g/mol. The predicted octanol–water partition coefficient (Wildman–Crippen LogP) is 2.99. The third-order valence-corrected chi connectivity index (χ3v) is 2.89. The van der Waals surface area contributed by atoms with Crippen molar-refractivity contribution < 1.29 is 4.92 Å². The molecule has 0 heterocycles. The minimum atomic E-state index is -0.479. The van der Waals surface area contributed by atoms with Gasteiger partial charge in [-0.3, -0.25) is 10.1 Å². The molecule has 104 valence electrons. The lowest BCUT2D eigenvalue weighted by Gasteiger charge is -2.14. The molecule has 0 aliphatic rings. The molecular formula is C14H16N4O2. The first-order valence-corrected chi connectivity index (χ1v) is 6.06. The number of para-hydroxylation sites is 1. The fourth-order valence-electron chi connectivity index (χ4n) is 1.88. The molecule has 0 radical (unpaired) electrons. The summed E-state index contributed by atoms with van der Waals surface area (Å²) in [5, 5.41) is 14.1. The van der Waals surface area contributed by atoms with Gasteiger partial charge in [-0.2, -0.15) is 0 Å². The molecule has 0 spiro atoms. The Labute approximate surface area is 117 Å². The number of anilines is 4. The van der Waals surface area contributed by atoms with Crippen molar-refractivity contribution in [2.75, 3.05) is 30.0 Å². The maximum atomic E-state index is 11.1. The van der Waals surface area contributed by atoms with Gasteiger partial charge >= 0.3 is 5.69 Å². The second-order valence-electron chi connectivity index (χ2n) is 4.57. The zero-order chi connectivity index (χ0) is 14.7. The van der Waals surface area contributed by atoms with Gasteiger partial charge < -0.3 is 16.0 Å². The highest BCUT2D eigenvalue weighted by Gasteiger charge is 2.17. The summed E-state index contributed by atoms with van der Waals surface area (Å²) in [6.07, 6.45) is 0. The number of nitro groups is 1. The van der Waals surface area contributed by atoms with Gasteiger partial charge in [0.15, 0.2) is 0 Å². The number of nitrogen functional groups attached to an aromatic ring is 1. The van der Waals surface area contributed by atoms with Crippen molar-refractivity contribution in [1.29, 1.82) is 0 Å². The van der Waals surface area contributed by atoms with Crippen LogP contribution in [0.4, 0.5) is 28.4 Å². The molecule has 0 saturated carbocycles. The molecule has 2 aromatic carbocycles. The second-order valence-corrected chi connectivity index (χ2v) is 4.57. The molecule has 0 aliphatic heterocycles. The Morgan fingerprint density at radius 2 is 1.90 bits per heavy atom. The van der Waals surface area contributed by atoms with Gasteiger partial charge in [0.1, 0.15) is 11.4 Å².